The number of nitrogens with one attached hydrogen (secondary N) is 1. The maximum Gasteiger partial charge on any atom is 0.165 e. The summed E-state index contributed by atoms with van der Waals surface area (Å²) in [5.74, 6) is -0.312. The highest BCUT2D eigenvalue weighted by molar-refractivity contribution is 5.23. The molecule has 0 saturated heterocycles. The molecule has 0 aromatic heterocycles. The first-order valence-corrected chi connectivity index (χ1v) is 6.18. The van der Waals surface area contributed by atoms with Gasteiger partial charge in [-0.15, -0.1) is 0 Å². The maximum absolute atomic E-state index is 13.2. The molecule has 0 saturated carbocycles. The van der Waals surface area contributed by atoms with E-state index < -0.39 is 11.9 Å². The zero-order valence-electron chi connectivity index (χ0n) is 10.7. The van der Waals surface area contributed by atoms with E-state index in [9.17, 15) is 9.50 Å². The minimum absolute atomic E-state index is 0.000888. The lowest BCUT2D eigenvalue weighted by atomic mass is 10.3. The third-order valence-electron chi connectivity index (χ3n) is 2.31. The van der Waals surface area contributed by atoms with E-state index >= 15 is 0 Å². The van der Waals surface area contributed by atoms with Crippen molar-refractivity contribution in [3.05, 3.63) is 30.1 Å². The number of halogens is 1. The van der Waals surface area contributed by atoms with Gasteiger partial charge in [-0.1, -0.05) is 12.1 Å². The molecule has 0 amide bonds. The van der Waals surface area contributed by atoms with Crippen LogP contribution in [0.2, 0.25) is 0 Å². The van der Waals surface area contributed by atoms with E-state index in [0.717, 1.165) is 0 Å². The van der Waals surface area contributed by atoms with Crippen molar-refractivity contribution in [2.45, 2.75) is 6.10 Å². The number of benzene rings is 1. The number of aliphatic hydroxyl groups excluding tert-OH is 2. The second kappa shape index (κ2) is 9.69. The van der Waals surface area contributed by atoms with Crippen LogP contribution in [0, 0.1) is 5.82 Å². The summed E-state index contributed by atoms with van der Waals surface area (Å²) in [6.07, 6.45) is -0.725. The van der Waals surface area contributed by atoms with Crippen molar-refractivity contribution < 1.29 is 24.1 Å². The molecule has 1 aromatic rings. The molecule has 5 nitrogen and oxygen atoms in total. The Balaban J connectivity index is 2.08. The summed E-state index contributed by atoms with van der Waals surface area (Å²) in [5, 5.41) is 21.1. The summed E-state index contributed by atoms with van der Waals surface area (Å²) in [4.78, 5) is 0. The van der Waals surface area contributed by atoms with Gasteiger partial charge in [-0.2, -0.15) is 0 Å². The number of hydrogen-bond donors (Lipinski definition) is 3. The van der Waals surface area contributed by atoms with Gasteiger partial charge in [-0.3, -0.25) is 0 Å². The number of para-hydroxylation sites is 1. The zero-order valence-corrected chi connectivity index (χ0v) is 10.7. The van der Waals surface area contributed by atoms with Gasteiger partial charge in [0.25, 0.3) is 0 Å². The molecule has 0 heterocycles. The van der Waals surface area contributed by atoms with Crippen molar-refractivity contribution in [1.29, 1.82) is 0 Å². The molecule has 6 heteroatoms. The molecule has 0 aliphatic heterocycles. The van der Waals surface area contributed by atoms with E-state index in [-0.39, 0.29) is 19.0 Å². The highest BCUT2D eigenvalue weighted by atomic mass is 19.1. The second-order valence-electron chi connectivity index (χ2n) is 3.94. The van der Waals surface area contributed by atoms with Crippen LogP contribution >= 0.6 is 0 Å². The smallest absolute Gasteiger partial charge is 0.165 e. The fraction of sp³-hybridized carbons (Fsp3) is 0.538. The first kappa shape index (κ1) is 15.8. The number of hydrogen-bond acceptors (Lipinski definition) is 5. The molecule has 0 aliphatic carbocycles. The van der Waals surface area contributed by atoms with Crippen LogP contribution in [0.15, 0.2) is 24.3 Å². The third kappa shape index (κ3) is 7.07. The van der Waals surface area contributed by atoms with Gasteiger partial charge in [0.1, 0.15) is 12.7 Å². The van der Waals surface area contributed by atoms with Crippen LogP contribution in [0.25, 0.3) is 0 Å². The van der Waals surface area contributed by atoms with Gasteiger partial charge in [0.2, 0.25) is 0 Å². The molecular weight excluding hydrogens is 253 g/mol. The first-order valence-electron chi connectivity index (χ1n) is 6.18. The lowest BCUT2D eigenvalue weighted by Gasteiger charge is -2.13. The van der Waals surface area contributed by atoms with Gasteiger partial charge >= 0.3 is 0 Å². The summed E-state index contributed by atoms with van der Waals surface area (Å²) in [7, 11) is 0. The van der Waals surface area contributed by atoms with Crippen molar-refractivity contribution in [2.24, 2.45) is 0 Å². The van der Waals surface area contributed by atoms with Crippen LogP contribution in [0.4, 0.5) is 4.39 Å². The molecule has 19 heavy (non-hydrogen) atoms. The predicted octanol–water partition coefficient (Wildman–Crippen LogP) is 0.164. The molecule has 0 fully saturated rings. The molecule has 0 radical (unpaired) electrons. The Morgan fingerprint density at radius 3 is 2.79 bits per heavy atom. The minimum atomic E-state index is -0.725. The molecule has 1 unspecified atom stereocenters. The lowest BCUT2D eigenvalue weighted by Crippen LogP contribution is -2.33. The molecule has 0 aliphatic rings. The molecule has 108 valence electrons. The van der Waals surface area contributed by atoms with Crippen LogP contribution in [-0.2, 0) is 4.74 Å². The summed E-state index contributed by atoms with van der Waals surface area (Å²) in [6.45, 7) is 1.68. The van der Waals surface area contributed by atoms with Crippen molar-refractivity contribution in [2.75, 3.05) is 39.5 Å². The van der Waals surface area contributed by atoms with E-state index in [1.165, 1.54) is 12.1 Å². The molecular formula is C13H20FNO4. The fourth-order valence-corrected chi connectivity index (χ4v) is 1.39. The van der Waals surface area contributed by atoms with Crippen LogP contribution in [0.5, 0.6) is 5.75 Å². The van der Waals surface area contributed by atoms with E-state index in [4.69, 9.17) is 14.6 Å². The summed E-state index contributed by atoms with van der Waals surface area (Å²) < 4.78 is 23.4. The molecule has 1 rings (SSSR count). The Hall–Kier alpha value is -1.21. The summed E-state index contributed by atoms with van der Waals surface area (Å²) >= 11 is 0. The Kier molecular flexibility index (Phi) is 8.08. The zero-order chi connectivity index (χ0) is 13.9. The van der Waals surface area contributed by atoms with Gasteiger partial charge in [-0.05, 0) is 12.1 Å². The Morgan fingerprint density at radius 2 is 2.05 bits per heavy atom. The quantitative estimate of drug-likeness (QED) is 0.530. The maximum atomic E-state index is 13.2. The van der Waals surface area contributed by atoms with Gasteiger partial charge in [0.15, 0.2) is 11.6 Å². The van der Waals surface area contributed by atoms with Crippen molar-refractivity contribution in [3.8, 4) is 5.75 Å². The van der Waals surface area contributed by atoms with Gasteiger partial charge in [0.05, 0.1) is 19.8 Å². The van der Waals surface area contributed by atoms with Crippen LogP contribution in [0.1, 0.15) is 0 Å². The van der Waals surface area contributed by atoms with Crippen LogP contribution < -0.4 is 10.1 Å². The van der Waals surface area contributed by atoms with E-state index in [2.05, 4.69) is 5.32 Å². The van der Waals surface area contributed by atoms with Gasteiger partial charge in [0, 0.05) is 13.1 Å². The second-order valence-corrected chi connectivity index (χ2v) is 3.94. The molecule has 0 spiro atoms. The Labute approximate surface area is 112 Å². The number of ether oxygens (including phenoxy) is 2. The highest BCUT2D eigenvalue weighted by Gasteiger charge is 2.07. The fourth-order valence-electron chi connectivity index (χ4n) is 1.39. The standard InChI is InChI=1S/C13H20FNO4/c14-12-3-1-2-4-13(12)19-10-11(17)9-15-5-7-18-8-6-16/h1-4,11,15-17H,5-10H2. The average molecular weight is 273 g/mol. The monoisotopic (exact) mass is 273 g/mol. The van der Waals surface area contributed by atoms with Crippen molar-refractivity contribution in [3.63, 3.8) is 0 Å². The number of rotatable bonds is 10. The van der Waals surface area contributed by atoms with E-state index in [1.807, 2.05) is 0 Å². The van der Waals surface area contributed by atoms with Gasteiger partial charge in [-0.25, -0.2) is 4.39 Å². The Morgan fingerprint density at radius 1 is 1.26 bits per heavy atom. The van der Waals surface area contributed by atoms with E-state index in [1.54, 1.807) is 12.1 Å². The predicted molar refractivity (Wildman–Crippen MR) is 68.7 cm³/mol. The normalized spacial score (nSPS) is 12.4. The first-order chi connectivity index (χ1) is 9.24. The highest BCUT2D eigenvalue weighted by Crippen LogP contribution is 2.15. The largest absolute Gasteiger partial charge is 0.488 e. The minimum Gasteiger partial charge on any atom is -0.488 e. The Bertz CT molecular complexity index is 351. The molecule has 1 atom stereocenters. The van der Waals surface area contributed by atoms with E-state index in [0.29, 0.717) is 26.3 Å². The number of aliphatic hydroxyl groups is 2. The molecule has 0 bridgehead atoms. The SMILES string of the molecule is OCCOCCNCC(O)COc1ccccc1F. The van der Waals surface area contributed by atoms with Crippen molar-refractivity contribution >= 4 is 0 Å². The average Bonchev–Trinajstić information content (AvgIpc) is 2.42. The topological polar surface area (TPSA) is 71.0 Å². The van der Waals surface area contributed by atoms with Crippen LogP contribution in [-0.4, -0.2) is 55.8 Å². The molecule has 3 N–H and O–H groups in total. The van der Waals surface area contributed by atoms with Crippen molar-refractivity contribution in [1.82, 2.24) is 5.32 Å². The van der Waals surface area contributed by atoms with Crippen LogP contribution in [0.3, 0.4) is 0 Å². The molecule has 1 aromatic carbocycles. The third-order valence-corrected chi connectivity index (χ3v) is 2.31. The lowest BCUT2D eigenvalue weighted by molar-refractivity contribution is 0.0836. The summed E-state index contributed by atoms with van der Waals surface area (Å²) in [6, 6.07) is 6.06. The summed E-state index contributed by atoms with van der Waals surface area (Å²) in [5.41, 5.74) is 0. The van der Waals surface area contributed by atoms with Gasteiger partial charge < -0.3 is 25.0 Å².